The number of hydrogen-bond acceptors (Lipinski definition) is 3. The van der Waals surface area contributed by atoms with Crippen LogP contribution in [0.3, 0.4) is 0 Å². The molecule has 24 heavy (non-hydrogen) atoms. The Morgan fingerprint density at radius 2 is 1.79 bits per heavy atom. The SMILES string of the molecule is COc1cc(OC)c(NC(=O)C2CC2c2ccccc2Cl)cc1Cl. The van der Waals surface area contributed by atoms with Gasteiger partial charge >= 0.3 is 0 Å². The third kappa shape index (κ3) is 3.30. The van der Waals surface area contributed by atoms with Crippen molar-refractivity contribution < 1.29 is 14.3 Å². The third-order valence-corrected chi connectivity index (χ3v) is 4.80. The average molecular weight is 366 g/mol. The Hall–Kier alpha value is -1.91. The van der Waals surface area contributed by atoms with E-state index in [9.17, 15) is 4.79 Å². The molecule has 1 aliphatic carbocycles. The van der Waals surface area contributed by atoms with Gasteiger partial charge in [-0.25, -0.2) is 0 Å². The van der Waals surface area contributed by atoms with Crippen LogP contribution in [-0.4, -0.2) is 20.1 Å². The van der Waals surface area contributed by atoms with Crippen LogP contribution in [0.15, 0.2) is 36.4 Å². The molecular weight excluding hydrogens is 349 g/mol. The maximum absolute atomic E-state index is 12.5. The minimum absolute atomic E-state index is 0.0700. The summed E-state index contributed by atoms with van der Waals surface area (Å²) in [6.07, 6.45) is 0.780. The molecule has 0 aliphatic heterocycles. The standard InChI is InChI=1S/C18H17Cl2NO3/c1-23-16-9-17(24-2)15(8-14(16)20)21-18(22)12-7-11(12)10-5-3-4-6-13(10)19/h3-6,8-9,11-12H,7H2,1-2H3,(H,21,22). The van der Waals surface area contributed by atoms with Crippen LogP contribution in [0, 0.1) is 5.92 Å². The first-order valence-corrected chi connectivity index (χ1v) is 8.27. The molecule has 2 unspecified atom stereocenters. The normalized spacial score (nSPS) is 18.8. The molecule has 0 aromatic heterocycles. The van der Waals surface area contributed by atoms with Gasteiger partial charge in [0.1, 0.15) is 11.5 Å². The number of benzene rings is 2. The van der Waals surface area contributed by atoms with Crippen molar-refractivity contribution >= 4 is 34.8 Å². The molecule has 0 saturated heterocycles. The maximum atomic E-state index is 12.5. The third-order valence-electron chi connectivity index (χ3n) is 4.16. The van der Waals surface area contributed by atoms with E-state index in [0.29, 0.717) is 27.2 Å². The minimum atomic E-state index is -0.101. The van der Waals surface area contributed by atoms with Crippen LogP contribution in [-0.2, 0) is 4.79 Å². The van der Waals surface area contributed by atoms with E-state index < -0.39 is 0 Å². The zero-order valence-corrected chi connectivity index (χ0v) is 14.8. The van der Waals surface area contributed by atoms with Crippen LogP contribution in [0.4, 0.5) is 5.69 Å². The van der Waals surface area contributed by atoms with Crippen LogP contribution in [0.2, 0.25) is 10.0 Å². The Balaban J connectivity index is 1.75. The van der Waals surface area contributed by atoms with E-state index in [1.54, 1.807) is 12.1 Å². The predicted molar refractivity (Wildman–Crippen MR) is 95.5 cm³/mol. The number of carbonyl (C=O) groups excluding carboxylic acids is 1. The Kier molecular flexibility index (Phi) is 4.88. The predicted octanol–water partition coefficient (Wildman–Crippen LogP) is 4.75. The fourth-order valence-corrected chi connectivity index (χ4v) is 3.30. The maximum Gasteiger partial charge on any atom is 0.228 e. The van der Waals surface area contributed by atoms with Crippen molar-refractivity contribution in [3.63, 3.8) is 0 Å². The zero-order chi connectivity index (χ0) is 17.3. The number of methoxy groups -OCH3 is 2. The Morgan fingerprint density at radius 1 is 1.08 bits per heavy atom. The number of amides is 1. The van der Waals surface area contributed by atoms with Crippen LogP contribution in [0.1, 0.15) is 17.9 Å². The number of carbonyl (C=O) groups is 1. The van der Waals surface area contributed by atoms with Crippen molar-refractivity contribution in [2.75, 3.05) is 19.5 Å². The van der Waals surface area contributed by atoms with E-state index in [0.717, 1.165) is 12.0 Å². The van der Waals surface area contributed by atoms with Gasteiger partial charge in [0.2, 0.25) is 5.91 Å². The average Bonchev–Trinajstić information content (AvgIpc) is 3.36. The van der Waals surface area contributed by atoms with E-state index in [2.05, 4.69) is 5.32 Å². The summed E-state index contributed by atoms with van der Waals surface area (Å²) in [6.45, 7) is 0. The fourth-order valence-electron chi connectivity index (χ4n) is 2.79. The molecule has 0 heterocycles. The molecule has 3 rings (SSSR count). The topological polar surface area (TPSA) is 47.6 Å². The van der Waals surface area contributed by atoms with Crippen molar-refractivity contribution in [1.29, 1.82) is 0 Å². The van der Waals surface area contributed by atoms with E-state index in [1.165, 1.54) is 14.2 Å². The highest BCUT2D eigenvalue weighted by molar-refractivity contribution is 6.32. The molecule has 1 saturated carbocycles. The summed E-state index contributed by atoms with van der Waals surface area (Å²) < 4.78 is 10.5. The molecule has 1 aliphatic rings. The van der Waals surface area contributed by atoms with Gasteiger partial charge in [0, 0.05) is 17.0 Å². The van der Waals surface area contributed by atoms with E-state index in [4.69, 9.17) is 32.7 Å². The first kappa shape index (κ1) is 16.9. The fraction of sp³-hybridized carbons (Fsp3) is 0.278. The van der Waals surface area contributed by atoms with Gasteiger partial charge in [-0.2, -0.15) is 0 Å². The van der Waals surface area contributed by atoms with E-state index >= 15 is 0 Å². The zero-order valence-electron chi connectivity index (χ0n) is 13.3. The van der Waals surface area contributed by atoms with Crippen molar-refractivity contribution in [2.45, 2.75) is 12.3 Å². The second-order valence-corrected chi connectivity index (χ2v) is 6.46. The lowest BCUT2D eigenvalue weighted by atomic mass is 10.1. The number of halogens is 2. The van der Waals surface area contributed by atoms with Crippen LogP contribution < -0.4 is 14.8 Å². The van der Waals surface area contributed by atoms with Crippen molar-refractivity contribution in [2.24, 2.45) is 5.92 Å². The van der Waals surface area contributed by atoms with E-state index in [-0.39, 0.29) is 17.7 Å². The van der Waals surface area contributed by atoms with Crippen LogP contribution in [0.25, 0.3) is 0 Å². The summed E-state index contributed by atoms with van der Waals surface area (Å²) in [4.78, 5) is 12.5. The molecule has 0 radical (unpaired) electrons. The number of rotatable bonds is 5. The van der Waals surface area contributed by atoms with Gasteiger partial charge in [-0.05, 0) is 30.0 Å². The van der Waals surface area contributed by atoms with Gasteiger partial charge < -0.3 is 14.8 Å². The molecule has 2 atom stereocenters. The molecular formula is C18H17Cl2NO3. The smallest absolute Gasteiger partial charge is 0.228 e. The summed E-state index contributed by atoms with van der Waals surface area (Å²) in [5, 5.41) is 3.99. The number of ether oxygens (including phenoxy) is 2. The lowest BCUT2D eigenvalue weighted by Gasteiger charge is -2.13. The summed E-state index contributed by atoms with van der Waals surface area (Å²) >= 11 is 12.3. The second-order valence-electron chi connectivity index (χ2n) is 5.65. The van der Waals surface area contributed by atoms with Gasteiger partial charge in [-0.3, -0.25) is 4.79 Å². The molecule has 1 amide bonds. The molecule has 4 nitrogen and oxygen atoms in total. The van der Waals surface area contributed by atoms with Gasteiger partial charge in [0.15, 0.2) is 0 Å². The molecule has 2 aromatic carbocycles. The Bertz CT molecular complexity index is 779. The van der Waals surface area contributed by atoms with Gasteiger partial charge in [-0.15, -0.1) is 0 Å². The molecule has 1 N–H and O–H groups in total. The summed E-state index contributed by atoms with van der Waals surface area (Å²) in [7, 11) is 3.05. The summed E-state index contributed by atoms with van der Waals surface area (Å²) in [5.41, 5.74) is 1.54. The molecule has 126 valence electrons. The highest BCUT2D eigenvalue weighted by Gasteiger charge is 2.45. The Labute approximate surface area is 150 Å². The summed E-state index contributed by atoms with van der Waals surface area (Å²) in [6, 6.07) is 10.9. The number of hydrogen-bond donors (Lipinski definition) is 1. The van der Waals surface area contributed by atoms with Crippen LogP contribution in [0.5, 0.6) is 11.5 Å². The first-order valence-electron chi connectivity index (χ1n) is 7.52. The van der Waals surface area contributed by atoms with E-state index in [1.807, 2.05) is 24.3 Å². The monoisotopic (exact) mass is 365 g/mol. The van der Waals surface area contributed by atoms with Gasteiger partial charge in [-0.1, -0.05) is 41.4 Å². The first-order chi connectivity index (χ1) is 11.5. The van der Waals surface area contributed by atoms with Crippen LogP contribution >= 0.6 is 23.2 Å². The van der Waals surface area contributed by atoms with Crippen molar-refractivity contribution in [3.05, 3.63) is 52.0 Å². The van der Waals surface area contributed by atoms with Crippen molar-refractivity contribution in [1.82, 2.24) is 0 Å². The molecule has 0 bridgehead atoms. The van der Waals surface area contributed by atoms with Crippen molar-refractivity contribution in [3.8, 4) is 11.5 Å². The second kappa shape index (κ2) is 6.91. The highest BCUT2D eigenvalue weighted by Crippen LogP contribution is 2.50. The quantitative estimate of drug-likeness (QED) is 0.831. The number of anilines is 1. The lowest BCUT2D eigenvalue weighted by molar-refractivity contribution is -0.117. The molecule has 0 spiro atoms. The number of nitrogens with one attached hydrogen (secondary N) is 1. The lowest BCUT2D eigenvalue weighted by Crippen LogP contribution is -2.15. The minimum Gasteiger partial charge on any atom is -0.495 e. The Morgan fingerprint density at radius 3 is 2.46 bits per heavy atom. The van der Waals surface area contributed by atoms with Gasteiger partial charge in [0.05, 0.1) is 24.9 Å². The molecule has 1 fully saturated rings. The largest absolute Gasteiger partial charge is 0.495 e. The summed E-state index contributed by atoms with van der Waals surface area (Å²) in [5.74, 6) is 0.972. The van der Waals surface area contributed by atoms with Gasteiger partial charge in [0.25, 0.3) is 0 Å². The highest BCUT2D eigenvalue weighted by atomic mass is 35.5. The molecule has 2 aromatic rings. The molecule has 6 heteroatoms.